The van der Waals surface area contributed by atoms with Crippen molar-refractivity contribution in [1.29, 1.82) is 0 Å². The van der Waals surface area contributed by atoms with E-state index in [9.17, 15) is 9.59 Å². The number of carbonyl (C=O) groups is 2. The van der Waals surface area contributed by atoms with Gasteiger partial charge in [0.05, 0.1) is 5.57 Å². The van der Waals surface area contributed by atoms with E-state index in [0.717, 1.165) is 36.9 Å². The van der Waals surface area contributed by atoms with E-state index in [4.69, 9.17) is 27.9 Å². The molecule has 0 unspecified atom stereocenters. The van der Waals surface area contributed by atoms with Crippen LogP contribution in [-0.2, 0) is 14.3 Å². The second kappa shape index (κ2) is 10.2. The zero-order chi connectivity index (χ0) is 24.5. The highest BCUT2D eigenvalue weighted by Gasteiger charge is 2.42. The minimum atomic E-state index is -0.587. The molecule has 2 aromatic carbocycles. The van der Waals surface area contributed by atoms with Gasteiger partial charge in [0.15, 0.2) is 5.78 Å². The first-order valence-corrected chi connectivity index (χ1v) is 13.1. The Bertz CT molecular complexity index is 1210. The van der Waals surface area contributed by atoms with Crippen LogP contribution in [0.5, 0.6) is 0 Å². The van der Waals surface area contributed by atoms with Crippen LogP contribution in [0.4, 0.5) is 0 Å². The summed E-state index contributed by atoms with van der Waals surface area (Å²) in [5.41, 5.74) is 4.48. The van der Waals surface area contributed by atoms with Crippen LogP contribution in [0.2, 0.25) is 10.0 Å². The molecule has 182 valence electrons. The zero-order valence-electron chi connectivity index (χ0n) is 19.8. The lowest BCUT2D eigenvalue weighted by Gasteiger charge is -2.37. The Hall–Kier alpha value is -2.56. The third-order valence-corrected chi connectivity index (χ3v) is 7.98. The molecule has 35 heavy (non-hydrogen) atoms. The van der Waals surface area contributed by atoms with Gasteiger partial charge in [-0.1, -0.05) is 66.0 Å². The van der Waals surface area contributed by atoms with Crippen molar-refractivity contribution in [3.05, 3.63) is 92.2 Å². The van der Waals surface area contributed by atoms with Crippen LogP contribution >= 0.6 is 23.2 Å². The first kappa shape index (κ1) is 24.1. The Morgan fingerprint density at radius 3 is 2.46 bits per heavy atom. The lowest BCUT2D eigenvalue weighted by atomic mass is 9.71. The van der Waals surface area contributed by atoms with Crippen LogP contribution in [0.1, 0.15) is 74.8 Å². The average molecular weight is 510 g/mol. The molecule has 0 radical (unpaired) electrons. The number of rotatable bonds is 4. The van der Waals surface area contributed by atoms with E-state index in [0.29, 0.717) is 45.3 Å². The number of esters is 1. The average Bonchev–Trinajstić information content (AvgIpc) is 2.84. The number of hydrogen-bond acceptors (Lipinski definition) is 4. The molecule has 1 N–H and O–H groups in total. The summed E-state index contributed by atoms with van der Waals surface area (Å²) >= 11 is 12.8. The molecule has 0 saturated heterocycles. The van der Waals surface area contributed by atoms with Crippen LogP contribution in [0.25, 0.3) is 0 Å². The Labute approximate surface area is 216 Å². The highest BCUT2D eigenvalue weighted by atomic mass is 35.5. The molecule has 1 heterocycles. The van der Waals surface area contributed by atoms with Gasteiger partial charge in [0.1, 0.15) is 6.10 Å². The summed E-state index contributed by atoms with van der Waals surface area (Å²) in [6, 6.07) is 15.4. The topological polar surface area (TPSA) is 55.4 Å². The van der Waals surface area contributed by atoms with Crippen LogP contribution in [0.15, 0.2) is 71.1 Å². The van der Waals surface area contributed by atoms with Gasteiger partial charge in [-0.15, -0.1) is 0 Å². The zero-order valence-corrected chi connectivity index (χ0v) is 21.3. The summed E-state index contributed by atoms with van der Waals surface area (Å²) in [5.74, 6) is -0.849. The van der Waals surface area contributed by atoms with E-state index in [1.165, 1.54) is 6.42 Å². The van der Waals surface area contributed by atoms with Gasteiger partial charge in [-0.05, 0) is 68.2 Å². The van der Waals surface area contributed by atoms with Gasteiger partial charge in [0, 0.05) is 39.4 Å². The normalized spacial score (nSPS) is 23.1. The van der Waals surface area contributed by atoms with Crippen molar-refractivity contribution in [1.82, 2.24) is 5.32 Å². The number of Topliss-reactive ketones (excluding diaryl/α,β-unsaturated/α-hetero) is 1. The van der Waals surface area contributed by atoms with E-state index in [1.807, 2.05) is 31.2 Å². The Morgan fingerprint density at radius 2 is 1.74 bits per heavy atom. The highest BCUT2D eigenvalue weighted by molar-refractivity contribution is 6.35. The highest BCUT2D eigenvalue weighted by Crippen LogP contribution is 2.47. The molecule has 4 nitrogen and oxygen atoms in total. The Kier molecular flexibility index (Phi) is 7.04. The van der Waals surface area contributed by atoms with Crippen molar-refractivity contribution >= 4 is 35.0 Å². The molecule has 2 aromatic rings. The van der Waals surface area contributed by atoms with Crippen LogP contribution in [0, 0.1) is 0 Å². The third kappa shape index (κ3) is 4.92. The molecule has 1 fully saturated rings. The number of carbonyl (C=O) groups excluding carboxylic acids is 2. The molecule has 2 atom stereocenters. The molecule has 3 aliphatic rings. The summed E-state index contributed by atoms with van der Waals surface area (Å²) in [7, 11) is 0. The molecule has 0 aromatic heterocycles. The summed E-state index contributed by atoms with van der Waals surface area (Å²) in [4.78, 5) is 27.3. The minimum Gasteiger partial charge on any atom is -0.459 e. The first-order chi connectivity index (χ1) is 16.9. The quantitative estimate of drug-likeness (QED) is 0.441. The first-order valence-electron chi connectivity index (χ1n) is 12.4. The molecule has 5 rings (SSSR count). The number of benzene rings is 2. The fraction of sp³-hybridized carbons (Fsp3) is 0.379. The molecule has 2 aliphatic carbocycles. The SMILES string of the molecule is CC1=C(C(=O)OC2CCCCC2)[C@@H](c2ccc(Cl)cc2Cl)C2=C(C[C@H](c3ccccc3)CC2=O)N1. The Balaban J connectivity index is 1.55. The number of ketones is 1. The molecule has 0 amide bonds. The maximum absolute atomic E-state index is 13.7. The smallest absolute Gasteiger partial charge is 0.337 e. The standard InChI is InChI=1S/C29H29Cl2NO3/c1-17-26(29(34)35-21-10-6-3-7-11-21)27(22-13-12-20(30)16-23(22)31)28-24(32-17)14-19(15-25(28)33)18-8-4-2-5-9-18/h2,4-5,8-9,12-13,16,19,21,27,32H,3,6-7,10-11,14-15H2,1H3/t19-,27+/m0/s1. The molecular weight excluding hydrogens is 481 g/mol. The number of dihydropyridines is 1. The van der Waals surface area contributed by atoms with E-state index in [2.05, 4.69) is 17.4 Å². The molecule has 6 heteroatoms. The van der Waals surface area contributed by atoms with E-state index in [1.54, 1.807) is 12.1 Å². The van der Waals surface area contributed by atoms with E-state index in [-0.39, 0.29) is 23.8 Å². The molecule has 1 saturated carbocycles. The Morgan fingerprint density at radius 1 is 1.00 bits per heavy atom. The van der Waals surface area contributed by atoms with E-state index < -0.39 is 5.92 Å². The van der Waals surface area contributed by atoms with E-state index >= 15 is 0 Å². The predicted molar refractivity (Wildman–Crippen MR) is 138 cm³/mol. The van der Waals surface area contributed by atoms with Gasteiger partial charge in [0.2, 0.25) is 0 Å². The van der Waals surface area contributed by atoms with Gasteiger partial charge >= 0.3 is 5.97 Å². The van der Waals surface area contributed by atoms with Crippen molar-refractivity contribution in [2.75, 3.05) is 0 Å². The van der Waals surface area contributed by atoms with Crippen LogP contribution < -0.4 is 5.32 Å². The second-order valence-corrected chi connectivity index (χ2v) is 10.6. The molecule has 0 spiro atoms. The fourth-order valence-corrected chi connectivity index (χ4v) is 6.23. The van der Waals surface area contributed by atoms with Crippen LogP contribution in [-0.4, -0.2) is 17.9 Å². The second-order valence-electron chi connectivity index (χ2n) is 9.76. The summed E-state index contributed by atoms with van der Waals surface area (Å²) < 4.78 is 5.98. The van der Waals surface area contributed by atoms with Crippen molar-refractivity contribution in [3.63, 3.8) is 0 Å². The predicted octanol–water partition coefficient (Wildman–Crippen LogP) is 7.23. The van der Waals surface area contributed by atoms with Gasteiger partial charge in [-0.25, -0.2) is 4.79 Å². The minimum absolute atomic E-state index is 0.0269. The number of halogens is 2. The molecular formula is C29H29Cl2NO3. The maximum Gasteiger partial charge on any atom is 0.337 e. The van der Waals surface area contributed by atoms with Crippen molar-refractivity contribution in [3.8, 4) is 0 Å². The van der Waals surface area contributed by atoms with Gasteiger partial charge < -0.3 is 10.1 Å². The largest absolute Gasteiger partial charge is 0.459 e. The van der Waals surface area contributed by atoms with Gasteiger partial charge in [0.25, 0.3) is 0 Å². The summed E-state index contributed by atoms with van der Waals surface area (Å²) in [6.07, 6.45) is 6.05. The monoisotopic (exact) mass is 509 g/mol. The number of hydrogen-bond donors (Lipinski definition) is 1. The molecule has 1 aliphatic heterocycles. The fourth-order valence-electron chi connectivity index (χ4n) is 5.71. The van der Waals surface area contributed by atoms with Crippen LogP contribution in [0.3, 0.4) is 0 Å². The third-order valence-electron chi connectivity index (χ3n) is 7.42. The van der Waals surface area contributed by atoms with Crippen molar-refractivity contribution in [2.45, 2.75) is 69.8 Å². The molecule has 0 bridgehead atoms. The lowest BCUT2D eigenvalue weighted by molar-refractivity contribution is -0.146. The summed E-state index contributed by atoms with van der Waals surface area (Å²) in [6.45, 7) is 1.88. The van der Waals surface area contributed by atoms with Crippen molar-refractivity contribution in [2.24, 2.45) is 0 Å². The number of nitrogens with one attached hydrogen (secondary N) is 1. The summed E-state index contributed by atoms with van der Waals surface area (Å²) in [5, 5.41) is 4.36. The maximum atomic E-state index is 13.7. The number of ether oxygens (including phenoxy) is 1. The number of allylic oxidation sites excluding steroid dienone is 3. The lowest BCUT2D eigenvalue weighted by Crippen LogP contribution is -2.37. The van der Waals surface area contributed by atoms with Gasteiger partial charge in [-0.2, -0.15) is 0 Å². The van der Waals surface area contributed by atoms with Gasteiger partial charge in [-0.3, -0.25) is 4.79 Å². The van der Waals surface area contributed by atoms with Crippen molar-refractivity contribution < 1.29 is 14.3 Å².